The van der Waals surface area contributed by atoms with Crippen LogP contribution in [0.3, 0.4) is 0 Å². The van der Waals surface area contributed by atoms with Crippen LogP contribution in [0.25, 0.3) is 0 Å². The molecule has 0 aliphatic heterocycles. The number of hydrogen-bond acceptors (Lipinski definition) is 3. The summed E-state index contributed by atoms with van der Waals surface area (Å²) in [7, 11) is 2.22. The molecule has 0 aromatic carbocycles. The highest BCUT2D eigenvalue weighted by molar-refractivity contribution is 6.17. The number of carbonyl (C=O) groups excluding carboxylic acids is 1. The fourth-order valence-corrected chi connectivity index (χ4v) is 4.59. The van der Waals surface area contributed by atoms with E-state index in [0.717, 1.165) is 18.5 Å². The normalized spacial score (nSPS) is 22.5. The van der Waals surface area contributed by atoms with Gasteiger partial charge < -0.3 is 5.32 Å². The first-order chi connectivity index (χ1) is 12.7. The zero-order valence-corrected chi connectivity index (χ0v) is 16.4. The number of hydrogen-bond donors (Lipinski definition) is 1. The third-order valence-electron chi connectivity index (χ3n) is 6.28. The molecule has 2 aliphatic carbocycles. The van der Waals surface area contributed by atoms with Crippen LogP contribution in [0.5, 0.6) is 0 Å². The standard InChI is InChI=1S/C21H34BN3O/c22-21(13-9-5-3-1-2-4-6-10-14-21)25-20(26)19-16-23-15-18(24-19)17-11-7-8-12-17/h15-17H,1-14,22H2,(H,25,26). The lowest BCUT2D eigenvalue weighted by atomic mass is 9.70. The molecule has 1 heterocycles. The number of nitrogens with zero attached hydrogens (tertiary/aromatic N) is 2. The smallest absolute Gasteiger partial charge is 0.271 e. The summed E-state index contributed by atoms with van der Waals surface area (Å²) in [6, 6.07) is 0. The van der Waals surface area contributed by atoms with Gasteiger partial charge in [-0.2, -0.15) is 0 Å². The zero-order chi connectivity index (χ0) is 18.2. The van der Waals surface area contributed by atoms with Crippen molar-refractivity contribution < 1.29 is 4.79 Å². The van der Waals surface area contributed by atoms with Gasteiger partial charge in [0, 0.05) is 17.6 Å². The van der Waals surface area contributed by atoms with Crippen molar-refractivity contribution in [3.05, 3.63) is 23.8 Å². The van der Waals surface area contributed by atoms with E-state index < -0.39 is 0 Å². The molecular weight excluding hydrogens is 321 g/mol. The molecule has 1 N–H and O–H groups in total. The third kappa shape index (κ3) is 5.55. The fraction of sp³-hybridized carbons (Fsp3) is 0.762. The summed E-state index contributed by atoms with van der Waals surface area (Å²) >= 11 is 0. The molecule has 5 heteroatoms. The maximum atomic E-state index is 12.9. The van der Waals surface area contributed by atoms with E-state index in [0.29, 0.717) is 11.6 Å². The first-order valence-electron chi connectivity index (χ1n) is 10.8. The van der Waals surface area contributed by atoms with Crippen LogP contribution in [-0.2, 0) is 0 Å². The Morgan fingerprint density at radius 2 is 1.50 bits per heavy atom. The van der Waals surface area contributed by atoms with Crippen molar-refractivity contribution in [1.82, 2.24) is 15.3 Å². The Bertz CT molecular complexity index is 574. The molecule has 0 unspecified atom stereocenters. The second-order valence-corrected chi connectivity index (χ2v) is 8.65. The first kappa shape index (κ1) is 19.4. The van der Waals surface area contributed by atoms with Crippen molar-refractivity contribution in [3.63, 3.8) is 0 Å². The van der Waals surface area contributed by atoms with Crippen molar-refractivity contribution in [2.24, 2.45) is 0 Å². The van der Waals surface area contributed by atoms with Gasteiger partial charge in [0.05, 0.1) is 11.9 Å². The second kappa shape index (κ2) is 9.52. The van der Waals surface area contributed by atoms with Gasteiger partial charge in [-0.15, -0.1) is 0 Å². The Labute approximate surface area is 159 Å². The third-order valence-corrected chi connectivity index (χ3v) is 6.28. The van der Waals surface area contributed by atoms with Crippen LogP contribution in [0.2, 0.25) is 0 Å². The van der Waals surface area contributed by atoms with E-state index in [4.69, 9.17) is 0 Å². The van der Waals surface area contributed by atoms with Crippen LogP contribution in [0.4, 0.5) is 0 Å². The zero-order valence-electron chi connectivity index (χ0n) is 16.4. The van der Waals surface area contributed by atoms with Gasteiger partial charge in [-0.25, -0.2) is 4.98 Å². The van der Waals surface area contributed by atoms with Gasteiger partial charge in [0.25, 0.3) is 5.91 Å². The molecule has 0 bridgehead atoms. The molecule has 1 aromatic heterocycles. The SMILES string of the molecule is BC1(NC(=O)c2cncc(C3CCCC3)n2)CCCCCCCCCC1. The van der Waals surface area contributed by atoms with Gasteiger partial charge in [-0.3, -0.25) is 9.78 Å². The van der Waals surface area contributed by atoms with Crippen LogP contribution in [-0.4, -0.2) is 29.2 Å². The number of rotatable bonds is 3. The molecule has 0 radical (unpaired) electrons. The van der Waals surface area contributed by atoms with E-state index in [1.165, 1.54) is 77.0 Å². The summed E-state index contributed by atoms with van der Waals surface area (Å²) in [5.74, 6) is 0.443. The quantitative estimate of drug-likeness (QED) is 0.831. The predicted molar refractivity (Wildman–Crippen MR) is 108 cm³/mol. The summed E-state index contributed by atoms with van der Waals surface area (Å²) < 4.78 is 0. The summed E-state index contributed by atoms with van der Waals surface area (Å²) in [6.45, 7) is 0. The minimum atomic E-state index is -0.119. The molecule has 26 heavy (non-hydrogen) atoms. The minimum Gasteiger partial charge on any atom is -0.353 e. The molecule has 0 spiro atoms. The van der Waals surface area contributed by atoms with Crippen LogP contribution in [0.15, 0.2) is 12.4 Å². The van der Waals surface area contributed by atoms with E-state index in [-0.39, 0.29) is 11.3 Å². The number of nitrogens with one attached hydrogen (secondary N) is 1. The highest BCUT2D eigenvalue weighted by atomic mass is 16.2. The lowest BCUT2D eigenvalue weighted by Gasteiger charge is -2.31. The first-order valence-corrected chi connectivity index (χ1v) is 10.8. The Morgan fingerprint density at radius 1 is 0.923 bits per heavy atom. The van der Waals surface area contributed by atoms with Gasteiger partial charge in [0.15, 0.2) is 0 Å². The summed E-state index contributed by atoms with van der Waals surface area (Å²) in [6.07, 6.45) is 20.8. The average molecular weight is 355 g/mol. The Hall–Kier alpha value is -1.39. The molecule has 1 amide bonds. The lowest BCUT2D eigenvalue weighted by molar-refractivity contribution is 0.0913. The fourth-order valence-electron chi connectivity index (χ4n) is 4.59. The molecule has 2 fully saturated rings. The van der Waals surface area contributed by atoms with E-state index in [1.807, 2.05) is 6.20 Å². The molecule has 3 rings (SSSR count). The Morgan fingerprint density at radius 3 is 2.12 bits per heavy atom. The topological polar surface area (TPSA) is 54.9 Å². The van der Waals surface area contributed by atoms with Crippen LogP contribution >= 0.6 is 0 Å². The van der Waals surface area contributed by atoms with Gasteiger partial charge in [0.2, 0.25) is 0 Å². The van der Waals surface area contributed by atoms with E-state index in [9.17, 15) is 4.79 Å². The highest BCUT2D eigenvalue weighted by Crippen LogP contribution is 2.32. The van der Waals surface area contributed by atoms with Crippen LogP contribution < -0.4 is 5.32 Å². The van der Waals surface area contributed by atoms with Crippen LogP contribution in [0.1, 0.15) is 112 Å². The van der Waals surface area contributed by atoms with Crippen molar-refractivity contribution in [2.45, 2.75) is 101 Å². The molecule has 2 aliphatic rings. The largest absolute Gasteiger partial charge is 0.353 e. The van der Waals surface area contributed by atoms with Gasteiger partial charge in [0.1, 0.15) is 13.5 Å². The molecule has 2 saturated carbocycles. The average Bonchev–Trinajstić information content (AvgIpc) is 3.16. The molecule has 0 atom stereocenters. The maximum Gasteiger partial charge on any atom is 0.271 e. The maximum absolute atomic E-state index is 12.9. The number of aromatic nitrogens is 2. The van der Waals surface area contributed by atoms with Gasteiger partial charge in [-0.05, 0) is 25.7 Å². The summed E-state index contributed by atoms with van der Waals surface area (Å²) in [4.78, 5) is 21.9. The van der Waals surface area contributed by atoms with Crippen molar-refractivity contribution >= 4 is 13.8 Å². The lowest BCUT2D eigenvalue weighted by Crippen LogP contribution is -2.49. The molecule has 1 aromatic rings. The molecule has 142 valence electrons. The van der Waals surface area contributed by atoms with Gasteiger partial charge in [-0.1, -0.05) is 64.2 Å². The van der Waals surface area contributed by atoms with Crippen molar-refractivity contribution in [3.8, 4) is 0 Å². The van der Waals surface area contributed by atoms with Gasteiger partial charge >= 0.3 is 0 Å². The van der Waals surface area contributed by atoms with Crippen molar-refractivity contribution in [2.75, 3.05) is 0 Å². The summed E-state index contributed by atoms with van der Waals surface area (Å²) in [5, 5.41) is 3.32. The predicted octanol–water partition coefficient (Wildman–Crippen LogP) is 4.11. The Kier molecular flexibility index (Phi) is 7.10. The number of amides is 1. The van der Waals surface area contributed by atoms with E-state index in [1.54, 1.807) is 6.20 Å². The van der Waals surface area contributed by atoms with Crippen molar-refractivity contribution in [1.29, 1.82) is 0 Å². The van der Waals surface area contributed by atoms with E-state index in [2.05, 4.69) is 23.1 Å². The Balaban J connectivity index is 1.65. The monoisotopic (exact) mass is 355 g/mol. The van der Waals surface area contributed by atoms with E-state index >= 15 is 0 Å². The molecule has 4 nitrogen and oxygen atoms in total. The molecular formula is C21H34BN3O. The second-order valence-electron chi connectivity index (χ2n) is 8.65. The minimum absolute atomic E-state index is 0.0466. The highest BCUT2D eigenvalue weighted by Gasteiger charge is 2.27. The summed E-state index contributed by atoms with van der Waals surface area (Å²) in [5.41, 5.74) is 1.37. The molecule has 0 saturated heterocycles. The number of carbonyl (C=O) groups is 1. The van der Waals surface area contributed by atoms with Crippen LogP contribution in [0, 0.1) is 0 Å².